The number of esters is 1. The minimum atomic E-state index is -0.540. The molecule has 0 aromatic heterocycles. The molecule has 1 atom stereocenters. The minimum Gasteiger partial charge on any atom is -0.427 e. The Bertz CT molecular complexity index is 321. The van der Waals surface area contributed by atoms with Crippen LogP contribution in [0.4, 0.5) is 0 Å². The summed E-state index contributed by atoms with van der Waals surface area (Å²) in [4.78, 5) is 10.7. The monoisotopic (exact) mass is 209 g/mol. The number of hydrogen-bond acceptors (Lipinski definition) is 4. The number of hydrogen-bond donors (Lipinski definition) is 2. The van der Waals surface area contributed by atoms with Crippen LogP contribution < -0.4 is 10.1 Å². The van der Waals surface area contributed by atoms with Crippen molar-refractivity contribution in [3.63, 3.8) is 0 Å². The smallest absolute Gasteiger partial charge is 0.308 e. The van der Waals surface area contributed by atoms with E-state index in [-0.39, 0.29) is 5.97 Å². The largest absolute Gasteiger partial charge is 0.427 e. The molecule has 0 bridgehead atoms. The van der Waals surface area contributed by atoms with Crippen molar-refractivity contribution in [3.8, 4) is 5.75 Å². The number of aliphatic hydroxyl groups is 1. The van der Waals surface area contributed by atoms with Crippen LogP contribution in [0.3, 0.4) is 0 Å². The molecule has 0 amide bonds. The predicted molar refractivity (Wildman–Crippen MR) is 56.6 cm³/mol. The molecule has 82 valence electrons. The molecule has 4 nitrogen and oxygen atoms in total. The predicted octanol–water partition coefficient (Wildman–Crippen LogP) is 0.865. The van der Waals surface area contributed by atoms with Gasteiger partial charge in [-0.3, -0.25) is 4.79 Å². The zero-order valence-electron chi connectivity index (χ0n) is 8.86. The fourth-order valence-electron chi connectivity index (χ4n) is 1.24. The summed E-state index contributed by atoms with van der Waals surface area (Å²) in [6, 6.07) is 6.80. The van der Waals surface area contributed by atoms with Crippen molar-refractivity contribution in [2.24, 2.45) is 0 Å². The van der Waals surface area contributed by atoms with Gasteiger partial charge in [0.1, 0.15) is 5.75 Å². The van der Waals surface area contributed by atoms with Gasteiger partial charge in [-0.2, -0.15) is 0 Å². The SMILES string of the molecule is CNCC(O)c1ccc(OC(C)=O)cc1. The van der Waals surface area contributed by atoms with E-state index < -0.39 is 6.10 Å². The lowest BCUT2D eigenvalue weighted by atomic mass is 10.1. The van der Waals surface area contributed by atoms with Crippen molar-refractivity contribution in [1.82, 2.24) is 5.32 Å². The fourth-order valence-corrected chi connectivity index (χ4v) is 1.24. The summed E-state index contributed by atoms with van der Waals surface area (Å²) in [6.07, 6.45) is -0.540. The molecule has 15 heavy (non-hydrogen) atoms. The van der Waals surface area contributed by atoms with Crippen LogP contribution >= 0.6 is 0 Å². The van der Waals surface area contributed by atoms with Gasteiger partial charge in [-0.1, -0.05) is 12.1 Å². The molecule has 1 unspecified atom stereocenters. The number of carbonyl (C=O) groups excluding carboxylic acids is 1. The van der Waals surface area contributed by atoms with Crippen LogP contribution in [0.2, 0.25) is 0 Å². The van der Waals surface area contributed by atoms with Gasteiger partial charge in [0.15, 0.2) is 0 Å². The second-order valence-electron chi connectivity index (χ2n) is 3.24. The quantitative estimate of drug-likeness (QED) is 0.570. The Kier molecular flexibility index (Phi) is 4.27. The van der Waals surface area contributed by atoms with Gasteiger partial charge in [0.25, 0.3) is 0 Å². The van der Waals surface area contributed by atoms with Gasteiger partial charge < -0.3 is 15.2 Å². The summed E-state index contributed by atoms with van der Waals surface area (Å²) in [5.41, 5.74) is 0.792. The molecule has 0 fully saturated rings. The van der Waals surface area contributed by atoms with Crippen molar-refractivity contribution in [2.75, 3.05) is 13.6 Å². The van der Waals surface area contributed by atoms with Crippen LogP contribution in [0.5, 0.6) is 5.75 Å². The van der Waals surface area contributed by atoms with Crippen LogP contribution in [0.25, 0.3) is 0 Å². The highest BCUT2D eigenvalue weighted by Gasteiger charge is 2.06. The Morgan fingerprint density at radius 2 is 2.07 bits per heavy atom. The van der Waals surface area contributed by atoms with Gasteiger partial charge >= 0.3 is 5.97 Å². The maximum atomic E-state index is 10.7. The summed E-state index contributed by atoms with van der Waals surface area (Å²) < 4.78 is 4.87. The Hall–Kier alpha value is -1.39. The first-order valence-corrected chi connectivity index (χ1v) is 4.74. The molecule has 2 N–H and O–H groups in total. The average Bonchev–Trinajstić information content (AvgIpc) is 2.18. The summed E-state index contributed by atoms with van der Waals surface area (Å²) in [5, 5.41) is 12.5. The Morgan fingerprint density at radius 3 is 2.53 bits per heavy atom. The molecule has 0 radical (unpaired) electrons. The van der Waals surface area contributed by atoms with Gasteiger partial charge in [-0.25, -0.2) is 0 Å². The highest BCUT2D eigenvalue weighted by atomic mass is 16.5. The summed E-state index contributed by atoms with van der Waals surface area (Å²) in [6.45, 7) is 1.84. The topological polar surface area (TPSA) is 58.6 Å². The number of rotatable bonds is 4. The molecule has 1 aromatic carbocycles. The standard InChI is InChI=1S/C11H15NO3/c1-8(13)15-10-5-3-9(4-6-10)11(14)7-12-2/h3-6,11-12,14H,7H2,1-2H3. The molecule has 0 spiro atoms. The van der Waals surface area contributed by atoms with Crippen LogP contribution in [0.1, 0.15) is 18.6 Å². The third kappa shape index (κ3) is 3.69. The number of benzene rings is 1. The Labute approximate surface area is 88.9 Å². The molecule has 0 aliphatic rings. The van der Waals surface area contributed by atoms with Gasteiger partial charge in [-0.15, -0.1) is 0 Å². The van der Waals surface area contributed by atoms with E-state index in [9.17, 15) is 9.90 Å². The maximum Gasteiger partial charge on any atom is 0.308 e. The second-order valence-corrected chi connectivity index (χ2v) is 3.24. The van der Waals surface area contributed by atoms with Crippen LogP contribution in [0, 0.1) is 0 Å². The first-order valence-electron chi connectivity index (χ1n) is 4.74. The first-order chi connectivity index (χ1) is 7.13. The van der Waals surface area contributed by atoms with Crippen molar-refractivity contribution in [3.05, 3.63) is 29.8 Å². The third-order valence-electron chi connectivity index (χ3n) is 1.92. The fraction of sp³-hybridized carbons (Fsp3) is 0.364. The lowest BCUT2D eigenvalue weighted by Gasteiger charge is -2.10. The molecule has 4 heteroatoms. The van der Waals surface area contributed by atoms with Crippen LogP contribution in [-0.2, 0) is 4.79 Å². The molecule has 0 saturated heterocycles. The summed E-state index contributed by atoms with van der Waals surface area (Å²) >= 11 is 0. The van der Waals surface area contributed by atoms with Gasteiger partial charge in [0.2, 0.25) is 0 Å². The van der Waals surface area contributed by atoms with Crippen molar-refractivity contribution in [2.45, 2.75) is 13.0 Å². The first kappa shape index (κ1) is 11.7. The van der Waals surface area contributed by atoms with Crippen molar-refractivity contribution in [1.29, 1.82) is 0 Å². The molecular formula is C11H15NO3. The van der Waals surface area contributed by atoms with Gasteiger partial charge in [0, 0.05) is 13.5 Å². The highest BCUT2D eigenvalue weighted by molar-refractivity contribution is 5.69. The van der Waals surface area contributed by atoms with E-state index in [0.29, 0.717) is 12.3 Å². The van der Waals surface area contributed by atoms with E-state index in [1.165, 1.54) is 6.92 Å². The number of likely N-dealkylation sites (N-methyl/N-ethyl adjacent to an activating group) is 1. The average molecular weight is 209 g/mol. The van der Waals surface area contributed by atoms with Crippen LogP contribution in [-0.4, -0.2) is 24.7 Å². The van der Waals surface area contributed by atoms with E-state index in [0.717, 1.165) is 5.56 Å². The lowest BCUT2D eigenvalue weighted by molar-refractivity contribution is -0.131. The van der Waals surface area contributed by atoms with E-state index in [2.05, 4.69) is 5.32 Å². The molecule has 1 rings (SSSR count). The third-order valence-corrected chi connectivity index (χ3v) is 1.92. The van der Waals surface area contributed by atoms with E-state index >= 15 is 0 Å². The van der Waals surface area contributed by atoms with Gasteiger partial charge in [-0.05, 0) is 24.7 Å². The highest BCUT2D eigenvalue weighted by Crippen LogP contribution is 2.17. The molecular weight excluding hydrogens is 194 g/mol. The van der Waals surface area contributed by atoms with Crippen molar-refractivity contribution < 1.29 is 14.6 Å². The van der Waals surface area contributed by atoms with Crippen LogP contribution in [0.15, 0.2) is 24.3 Å². The van der Waals surface area contributed by atoms with E-state index in [1.807, 2.05) is 0 Å². The molecule has 0 heterocycles. The zero-order chi connectivity index (χ0) is 11.3. The number of nitrogens with one attached hydrogen (secondary N) is 1. The number of ether oxygens (including phenoxy) is 1. The van der Waals surface area contributed by atoms with Crippen molar-refractivity contribution >= 4 is 5.97 Å². The number of aliphatic hydroxyl groups excluding tert-OH is 1. The molecule has 1 aromatic rings. The van der Waals surface area contributed by atoms with E-state index in [1.54, 1.807) is 31.3 Å². The Balaban J connectivity index is 2.67. The molecule has 0 aliphatic carbocycles. The normalized spacial score (nSPS) is 12.2. The van der Waals surface area contributed by atoms with Gasteiger partial charge in [0.05, 0.1) is 6.10 Å². The summed E-state index contributed by atoms with van der Waals surface area (Å²) in [5.74, 6) is 0.140. The number of carbonyl (C=O) groups is 1. The second kappa shape index (κ2) is 5.48. The van der Waals surface area contributed by atoms with E-state index in [4.69, 9.17) is 4.74 Å². The summed E-state index contributed by atoms with van der Waals surface area (Å²) in [7, 11) is 1.77. The maximum absolute atomic E-state index is 10.7. The molecule has 0 saturated carbocycles. The molecule has 0 aliphatic heterocycles. The minimum absolute atomic E-state index is 0.349. The lowest BCUT2D eigenvalue weighted by Crippen LogP contribution is -2.16. The zero-order valence-corrected chi connectivity index (χ0v) is 8.86. The Morgan fingerprint density at radius 1 is 1.47 bits per heavy atom.